The van der Waals surface area contributed by atoms with E-state index < -0.39 is 24.4 Å². The van der Waals surface area contributed by atoms with E-state index in [1.165, 1.54) is 19.2 Å². The van der Waals surface area contributed by atoms with Crippen LogP contribution in [-0.2, 0) is 9.53 Å². The van der Waals surface area contributed by atoms with Crippen molar-refractivity contribution in [2.75, 3.05) is 19.0 Å². The first kappa shape index (κ1) is 12.4. The Balaban J connectivity index is 2.81. The zero-order chi connectivity index (χ0) is 12.1. The van der Waals surface area contributed by atoms with Crippen molar-refractivity contribution in [1.29, 1.82) is 0 Å². The van der Waals surface area contributed by atoms with Crippen LogP contribution in [-0.4, -0.2) is 30.8 Å². The molecule has 0 bridgehead atoms. The van der Waals surface area contributed by atoms with Gasteiger partial charge < -0.3 is 15.2 Å². The number of hydrogen-bond donors (Lipinski definition) is 2. The number of methoxy groups -OCH3 is 1. The number of hydrogen-bond acceptors (Lipinski definition) is 4. The molecule has 2 N–H and O–H groups in total. The quantitative estimate of drug-likeness (QED) is 0.756. The van der Waals surface area contributed by atoms with Gasteiger partial charge in [0, 0.05) is 5.69 Å². The minimum absolute atomic E-state index is 0.399. The molecule has 0 saturated carbocycles. The fourth-order valence-corrected chi connectivity index (χ4v) is 1.34. The molecule has 0 aliphatic rings. The van der Waals surface area contributed by atoms with E-state index in [-0.39, 0.29) is 0 Å². The van der Waals surface area contributed by atoms with E-state index in [2.05, 4.69) is 10.1 Å². The van der Waals surface area contributed by atoms with Gasteiger partial charge in [-0.05, 0) is 30.7 Å². The number of aliphatic hydroxyl groups is 1. The molecule has 0 aliphatic heterocycles. The van der Waals surface area contributed by atoms with Gasteiger partial charge in [0.15, 0.2) is 0 Å². The van der Waals surface area contributed by atoms with Crippen molar-refractivity contribution in [2.45, 2.75) is 13.0 Å². The molecule has 0 aliphatic carbocycles. The fourth-order valence-electron chi connectivity index (χ4n) is 1.34. The van der Waals surface area contributed by atoms with Crippen molar-refractivity contribution in [3.63, 3.8) is 0 Å². The van der Waals surface area contributed by atoms with Crippen molar-refractivity contribution in [3.05, 3.63) is 29.6 Å². The van der Waals surface area contributed by atoms with Crippen molar-refractivity contribution >= 4 is 11.7 Å². The van der Waals surface area contributed by atoms with Gasteiger partial charge in [0.1, 0.15) is 11.9 Å². The van der Waals surface area contributed by atoms with Crippen LogP contribution in [0.5, 0.6) is 0 Å². The van der Waals surface area contributed by atoms with Gasteiger partial charge in [-0.3, -0.25) is 0 Å². The number of anilines is 1. The molecule has 1 atom stereocenters. The number of aliphatic hydroxyl groups excluding tert-OH is 1. The first-order chi connectivity index (χ1) is 7.56. The van der Waals surface area contributed by atoms with Gasteiger partial charge in [0.2, 0.25) is 0 Å². The lowest BCUT2D eigenvalue weighted by Crippen LogP contribution is -2.34. The van der Waals surface area contributed by atoms with Crippen LogP contribution in [0.4, 0.5) is 10.1 Å². The first-order valence-corrected chi connectivity index (χ1v) is 4.79. The van der Waals surface area contributed by atoms with Crippen molar-refractivity contribution in [2.24, 2.45) is 0 Å². The molecule has 4 nitrogen and oxygen atoms in total. The summed E-state index contributed by atoms with van der Waals surface area (Å²) in [5, 5.41) is 11.7. The fraction of sp³-hybridized carbons (Fsp3) is 0.364. The number of benzene rings is 1. The molecular formula is C11H14FNO3. The SMILES string of the molecule is COC(=O)C(CO)Nc1cc(C)cc(F)c1. The number of aryl methyl sites for hydroxylation is 1. The lowest BCUT2D eigenvalue weighted by Gasteiger charge is -2.15. The number of nitrogens with one attached hydrogen (secondary N) is 1. The molecule has 0 saturated heterocycles. The highest BCUT2D eigenvalue weighted by Gasteiger charge is 2.17. The summed E-state index contributed by atoms with van der Waals surface area (Å²) in [4.78, 5) is 11.2. The largest absolute Gasteiger partial charge is 0.467 e. The second-order valence-corrected chi connectivity index (χ2v) is 3.42. The second-order valence-electron chi connectivity index (χ2n) is 3.42. The van der Waals surface area contributed by atoms with E-state index in [1.807, 2.05) is 0 Å². The van der Waals surface area contributed by atoms with Crippen LogP contribution in [0.3, 0.4) is 0 Å². The zero-order valence-electron chi connectivity index (χ0n) is 9.16. The summed E-state index contributed by atoms with van der Waals surface area (Å²) < 4.78 is 17.5. The Labute approximate surface area is 93.0 Å². The second kappa shape index (κ2) is 5.46. The Morgan fingerprint density at radius 2 is 2.25 bits per heavy atom. The summed E-state index contributed by atoms with van der Waals surface area (Å²) >= 11 is 0. The summed E-state index contributed by atoms with van der Waals surface area (Å²) in [7, 11) is 1.23. The van der Waals surface area contributed by atoms with Crippen molar-refractivity contribution < 1.29 is 19.0 Å². The van der Waals surface area contributed by atoms with E-state index >= 15 is 0 Å². The zero-order valence-corrected chi connectivity index (χ0v) is 9.16. The average molecular weight is 227 g/mol. The van der Waals surface area contributed by atoms with Gasteiger partial charge in [-0.25, -0.2) is 9.18 Å². The van der Waals surface area contributed by atoms with Crippen LogP contribution >= 0.6 is 0 Å². The maximum absolute atomic E-state index is 13.0. The number of halogens is 1. The molecule has 16 heavy (non-hydrogen) atoms. The van der Waals surface area contributed by atoms with Crippen LogP contribution in [0.1, 0.15) is 5.56 Å². The van der Waals surface area contributed by atoms with E-state index in [0.29, 0.717) is 5.69 Å². The van der Waals surface area contributed by atoms with Crippen molar-refractivity contribution in [1.82, 2.24) is 0 Å². The third kappa shape index (κ3) is 3.20. The number of esters is 1. The third-order valence-electron chi connectivity index (χ3n) is 2.05. The standard InChI is InChI=1S/C11H14FNO3/c1-7-3-8(12)5-9(4-7)13-10(6-14)11(15)16-2/h3-5,10,13-14H,6H2,1-2H3. The third-order valence-corrected chi connectivity index (χ3v) is 2.05. The van der Waals surface area contributed by atoms with Gasteiger partial charge >= 0.3 is 5.97 Å². The molecule has 0 heterocycles. The normalized spacial score (nSPS) is 12.0. The molecule has 0 aromatic heterocycles. The Bertz CT molecular complexity index is 361. The molecule has 1 aromatic carbocycles. The smallest absolute Gasteiger partial charge is 0.330 e. The summed E-state index contributed by atoms with van der Waals surface area (Å²) in [6.07, 6.45) is 0. The van der Waals surface area contributed by atoms with E-state index in [1.54, 1.807) is 13.0 Å². The van der Waals surface area contributed by atoms with Gasteiger partial charge in [0.05, 0.1) is 13.7 Å². The number of rotatable bonds is 4. The average Bonchev–Trinajstić information content (AvgIpc) is 2.23. The number of ether oxygens (including phenoxy) is 1. The van der Waals surface area contributed by atoms with Crippen LogP contribution in [0.15, 0.2) is 18.2 Å². The molecule has 0 radical (unpaired) electrons. The minimum atomic E-state index is -0.883. The van der Waals surface area contributed by atoms with Crippen molar-refractivity contribution in [3.8, 4) is 0 Å². The van der Waals surface area contributed by atoms with E-state index in [0.717, 1.165) is 5.56 Å². The molecule has 0 amide bonds. The van der Waals surface area contributed by atoms with Crippen LogP contribution in [0.25, 0.3) is 0 Å². The Hall–Kier alpha value is -1.62. The minimum Gasteiger partial charge on any atom is -0.467 e. The van der Waals surface area contributed by atoms with Crippen LogP contribution in [0, 0.1) is 12.7 Å². The Morgan fingerprint density at radius 1 is 1.56 bits per heavy atom. The summed E-state index contributed by atoms with van der Waals surface area (Å²) in [5.74, 6) is -0.992. The Kier molecular flexibility index (Phi) is 4.25. The van der Waals surface area contributed by atoms with Crippen LogP contribution in [0.2, 0.25) is 0 Å². The Morgan fingerprint density at radius 3 is 2.75 bits per heavy atom. The monoisotopic (exact) mass is 227 g/mol. The highest BCUT2D eigenvalue weighted by molar-refractivity contribution is 5.79. The molecule has 1 unspecified atom stereocenters. The molecule has 1 aromatic rings. The van der Waals surface area contributed by atoms with Gasteiger partial charge in [0.25, 0.3) is 0 Å². The molecule has 88 valence electrons. The highest BCUT2D eigenvalue weighted by atomic mass is 19.1. The van der Waals surface area contributed by atoms with Crippen LogP contribution < -0.4 is 5.32 Å². The summed E-state index contributed by atoms with van der Waals surface area (Å²) in [6.45, 7) is 1.32. The highest BCUT2D eigenvalue weighted by Crippen LogP contribution is 2.14. The maximum atomic E-state index is 13.0. The molecular weight excluding hydrogens is 213 g/mol. The van der Waals surface area contributed by atoms with E-state index in [9.17, 15) is 9.18 Å². The van der Waals surface area contributed by atoms with Gasteiger partial charge in [-0.15, -0.1) is 0 Å². The molecule has 1 rings (SSSR count). The maximum Gasteiger partial charge on any atom is 0.330 e. The van der Waals surface area contributed by atoms with E-state index in [4.69, 9.17) is 5.11 Å². The topological polar surface area (TPSA) is 58.6 Å². The lowest BCUT2D eigenvalue weighted by molar-refractivity contribution is -0.142. The van der Waals surface area contributed by atoms with Gasteiger partial charge in [-0.2, -0.15) is 0 Å². The van der Waals surface area contributed by atoms with Gasteiger partial charge in [-0.1, -0.05) is 0 Å². The lowest BCUT2D eigenvalue weighted by atomic mass is 10.2. The summed E-state index contributed by atoms with van der Waals surface area (Å²) in [5.41, 5.74) is 1.16. The predicted molar refractivity (Wildman–Crippen MR) is 57.6 cm³/mol. The summed E-state index contributed by atoms with van der Waals surface area (Å²) in [6, 6.07) is 3.41. The number of carbonyl (C=O) groups excluding carboxylic acids is 1. The molecule has 5 heteroatoms. The first-order valence-electron chi connectivity index (χ1n) is 4.79. The molecule has 0 spiro atoms. The number of carbonyl (C=O) groups is 1. The molecule has 0 fully saturated rings. The predicted octanol–water partition coefficient (Wildman–Crippen LogP) is 1.08.